The van der Waals surface area contributed by atoms with Gasteiger partial charge in [0, 0.05) is 63.7 Å². The molecule has 3 fully saturated rings. The SMILES string of the molecule is C#Cc1c(F)ccc2c1[C@@H](c1ncc3c(N(C)C[C@@H]4CCCN4C(=O)C=C)nc(OC[C@]4(C)C[C@@H](F)CN4c4ccc(N5CCOC[C@@H]5C)cn4)nc3c1F)C[C@@](C)(O)C2. The number of hydrogen-bond donors (Lipinski definition) is 1. The maximum Gasteiger partial charge on any atom is 0.319 e. The van der Waals surface area contributed by atoms with Crippen LogP contribution >= 0.6 is 0 Å². The molecule has 6 atom stereocenters. The van der Waals surface area contributed by atoms with Crippen molar-refractivity contribution in [2.45, 2.75) is 88.2 Å². The zero-order valence-electron chi connectivity index (χ0n) is 34.5. The monoisotopic (exact) mass is 824 g/mol. The van der Waals surface area contributed by atoms with E-state index in [0.29, 0.717) is 49.1 Å². The Morgan fingerprint density at radius 3 is 2.72 bits per heavy atom. The molecule has 4 aromatic rings. The lowest BCUT2D eigenvalue weighted by Gasteiger charge is -2.37. The van der Waals surface area contributed by atoms with E-state index < -0.39 is 34.9 Å². The summed E-state index contributed by atoms with van der Waals surface area (Å²) in [5.74, 6) is 0.852. The van der Waals surface area contributed by atoms with Crippen LogP contribution in [0.5, 0.6) is 6.01 Å². The van der Waals surface area contributed by atoms with Gasteiger partial charge in [0.1, 0.15) is 35.7 Å². The zero-order valence-corrected chi connectivity index (χ0v) is 34.5. The number of aromatic nitrogens is 4. The molecule has 3 aliphatic heterocycles. The number of amides is 1. The van der Waals surface area contributed by atoms with Gasteiger partial charge in [-0.05, 0) is 75.4 Å². The first-order valence-corrected chi connectivity index (χ1v) is 20.6. The van der Waals surface area contributed by atoms with Gasteiger partial charge in [-0.1, -0.05) is 18.6 Å². The van der Waals surface area contributed by atoms with Crippen LogP contribution in [0.2, 0.25) is 0 Å². The third kappa shape index (κ3) is 7.71. The van der Waals surface area contributed by atoms with Crippen molar-refractivity contribution in [2.75, 3.05) is 67.7 Å². The number of benzene rings is 1. The largest absolute Gasteiger partial charge is 0.461 e. The van der Waals surface area contributed by atoms with E-state index in [0.717, 1.165) is 25.1 Å². The summed E-state index contributed by atoms with van der Waals surface area (Å²) in [6.07, 6.45) is 11.2. The zero-order chi connectivity index (χ0) is 42.5. The van der Waals surface area contributed by atoms with E-state index in [2.05, 4.69) is 34.3 Å². The lowest BCUT2D eigenvalue weighted by atomic mass is 9.72. The highest BCUT2D eigenvalue weighted by atomic mass is 19.1. The van der Waals surface area contributed by atoms with Crippen molar-refractivity contribution in [2.24, 2.45) is 0 Å². The van der Waals surface area contributed by atoms with E-state index in [4.69, 9.17) is 25.9 Å². The predicted octanol–water partition coefficient (Wildman–Crippen LogP) is 5.73. The van der Waals surface area contributed by atoms with Gasteiger partial charge in [-0.25, -0.2) is 18.2 Å². The first-order valence-electron chi connectivity index (χ1n) is 20.6. The fourth-order valence-corrected chi connectivity index (χ4v) is 9.68. The van der Waals surface area contributed by atoms with Crippen LogP contribution in [0.15, 0.2) is 49.3 Å². The molecule has 8 rings (SSSR count). The molecule has 3 saturated heterocycles. The van der Waals surface area contributed by atoms with E-state index in [1.165, 1.54) is 18.3 Å². The molecule has 60 heavy (non-hydrogen) atoms. The second-order valence-electron chi connectivity index (χ2n) is 17.2. The smallest absolute Gasteiger partial charge is 0.319 e. The Labute approximate surface area is 348 Å². The summed E-state index contributed by atoms with van der Waals surface area (Å²) in [7, 11) is 1.80. The molecule has 1 amide bonds. The summed E-state index contributed by atoms with van der Waals surface area (Å²) in [6, 6.07) is 6.58. The standard InChI is InChI=1S/C45H51F3N8O4/c1-7-32-35(47)13-11-28-18-45(5,58)20-33(38(28)32)40-39(48)41-34(22-50-40)42(53(6)24-31-10-9-15-55(31)37(57)8-2)52-43(51-41)60-26-44(4)19-29(46)23-56(44)36-14-12-30(21-49-36)54-16-17-59-25-27(54)3/h1,8,11-14,21-22,27,29,31,33,58H,2,9-10,15-20,23-26H2,3-6H3/t27-,29+,31-,33-,44-,45-/m0/s1. The third-order valence-corrected chi connectivity index (χ3v) is 12.6. The summed E-state index contributed by atoms with van der Waals surface area (Å²) in [5.41, 5.74) is -0.343. The number of carbonyl (C=O) groups excluding carboxylic acids is 1. The number of hydrogen-bond acceptors (Lipinski definition) is 11. The Balaban J connectivity index is 1.16. The van der Waals surface area contributed by atoms with Crippen LogP contribution in [0.3, 0.4) is 0 Å². The highest BCUT2D eigenvalue weighted by molar-refractivity contribution is 5.90. The number of anilines is 3. The molecule has 0 unspecified atom stereocenters. The van der Waals surface area contributed by atoms with Crippen LogP contribution in [0, 0.1) is 24.0 Å². The molecule has 6 heterocycles. The van der Waals surface area contributed by atoms with Gasteiger partial charge in [-0.2, -0.15) is 9.97 Å². The highest BCUT2D eigenvalue weighted by Gasteiger charge is 2.45. The van der Waals surface area contributed by atoms with Crippen molar-refractivity contribution in [3.8, 4) is 18.4 Å². The predicted molar refractivity (Wildman–Crippen MR) is 223 cm³/mol. The molecule has 1 aromatic carbocycles. The number of pyridine rings is 2. The molecule has 1 N–H and O–H groups in total. The van der Waals surface area contributed by atoms with E-state index in [-0.39, 0.29) is 78.6 Å². The minimum atomic E-state index is -1.27. The van der Waals surface area contributed by atoms with Gasteiger partial charge in [0.05, 0.1) is 59.4 Å². The number of fused-ring (bicyclic) bond motifs is 2. The molecule has 0 bridgehead atoms. The normalized spacial score (nSPS) is 26.6. The average molecular weight is 825 g/mol. The van der Waals surface area contributed by atoms with E-state index in [9.17, 15) is 9.90 Å². The fourth-order valence-electron chi connectivity index (χ4n) is 9.68. The summed E-state index contributed by atoms with van der Waals surface area (Å²) in [4.78, 5) is 39.2. The Bertz CT molecular complexity index is 2340. The second kappa shape index (κ2) is 16.2. The van der Waals surface area contributed by atoms with Crippen molar-refractivity contribution >= 4 is 34.1 Å². The second-order valence-corrected chi connectivity index (χ2v) is 17.2. The average Bonchev–Trinajstić information content (AvgIpc) is 3.82. The number of likely N-dealkylation sites (N-methyl/N-ethyl adjacent to an activating group) is 1. The number of alkyl halides is 1. The first-order chi connectivity index (χ1) is 28.7. The number of morpholine rings is 1. The van der Waals surface area contributed by atoms with Crippen molar-refractivity contribution < 1.29 is 32.5 Å². The third-order valence-electron chi connectivity index (χ3n) is 12.6. The minimum Gasteiger partial charge on any atom is -0.461 e. The number of rotatable bonds is 10. The van der Waals surface area contributed by atoms with E-state index in [1.54, 1.807) is 31.1 Å². The Kier molecular flexibility index (Phi) is 11.1. The van der Waals surface area contributed by atoms with E-state index >= 15 is 13.2 Å². The lowest BCUT2D eigenvalue weighted by molar-refractivity contribution is -0.126. The molecule has 12 nitrogen and oxygen atoms in total. The van der Waals surface area contributed by atoms with Crippen LogP contribution in [0.1, 0.15) is 74.8 Å². The van der Waals surface area contributed by atoms with Crippen LogP contribution < -0.4 is 19.4 Å². The van der Waals surface area contributed by atoms with Gasteiger partial charge in [0.2, 0.25) is 5.91 Å². The molecule has 0 spiro atoms. The number of nitrogens with zero attached hydrogens (tertiary/aromatic N) is 8. The maximum absolute atomic E-state index is 17.3. The summed E-state index contributed by atoms with van der Waals surface area (Å²) < 4.78 is 59.8. The van der Waals surface area contributed by atoms with E-state index in [1.807, 2.05) is 28.9 Å². The molecule has 0 radical (unpaired) electrons. The molecular weight excluding hydrogens is 774 g/mol. The Morgan fingerprint density at radius 2 is 1.98 bits per heavy atom. The topological polar surface area (TPSA) is 120 Å². The molecule has 1 aliphatic carbocycles. The van der Waals surface area contributed by atoms with Gasteiger partial charge in [0.15, 0.2) is 5.82 Å². The maximum atomic E-state index is 17.3. The molecule has 15 heteroatoms. The lowest BCUT2D eigenvalue weighted by Crippen LogP contribution is -2.47. The van der Waals surface area contributed by atoms with Gasteiger partial charge in [-0.15, -0.1) is 6.42 Å². The molecule has 316 valence electrons. The fraction of sp³-hybridized carbons (Fsp3) is 0.489. The van der Waals surface area contributed by atoms with Crippen LogP contribution in [-0.2, 0) is 16.0 Å². The first kappa shape index (κ1) is 41.3. The van der Waals surface area contributed by atoms with Crippen molar-refractivity contribution in [1.82, 2.24) is 24.8 Å². The van der Waals surface area contributed by atoms with Crippen LogP contribution in [-0.4, -0.2) is 118 Å². The summed E-state index contributed by atoms with van der Waals surface area (Å²) in [5, 5.41) is 11.6. The number of aliphatic hydroxyl groups is 1. The van der Waals surface area contributed by atoms with Gasteiger partial charge in [0.25, 0.3) is 0 Å². The number of carbonyl (C=O) groups is 1. The minimum absolute atomic E-state index is 0.00284. The van der Waals surface area contributed by atoms with Crippen LogP contribution in [0.25, 0.3) is 10.9 Å². The van der Waals surface area contributed by atoms with Crippen molar-refractivity contribution in [3.05, 3.63) is 83.3 Å². The Morgan fingerprint density at radius 1 is 1.17 bits per heavy atom. The molecular formula is C45H51F3N8O4. The quantitative estimate of drug-likeness (QED) is 0.156. The summed E-state index contributed by atoms with van der Waals surface area (Å²) >= 11 is 0. The van der Waals surface area contributed by atoms with Crippen molar-refractivity contribution in [1.29, 1.82) is 0 Å². The van der Waals surface area contributed by atoms with Crippen molar-refractivity contribution in [3.63, 3.8) is 0 Å². The van der Waals surface area contributed by atoms with Crippen LogP contribution in [0.4, 0.5) is 30.5 Å². The Hall–Kier alpha value is -5.46. The highest BCUT2D eigenvalue weighted by Crippen LogP contribution is 2.45. The van der Waals surface area contributed by atoms with Gasteiger partial charge in [-0.3, -0.25) is 9.78 Å². The molecule has 3 aromatic heterocycles. The summed E-state index contributed by atoms with van der Waals surface area (Å²) in [6.45, 7) is 12.3. The molecule has 4 aliphatic rings. The molecule has 0 saturated carbocycles. The van der Waals surface area contributed by atoms with Gasteiger partial charge >= 0.3 is 6.01 Å². The van der Waals surface area contributed by atoms with Gasteiger partial charge < -0.3 is 34.2 Å². The number of halogens is 3. The number of terminal acetylenes is 1. The number of likely N-dealkylation sites (tertiary alicyclic amines) is 1. The number of ether oxygens (including phenoxy) is 2.